The predicted molar refractivity (Wildman–Crippen MR) is 101 cm³/mol. The Hall–Kier alpha value is -2.89. The SMILES string of the molecule is O=c1[nH]c2ccc(-c3ccccc3CO)cc2c(O)c1-c1cccs1. The highest BCUT2D eigenvalue weighted by Crippen LogP contribution is 2.36. The average molecular weight is 349 g/mol. The van der Waals surface area contributed by atoms with Crippen molar-refractivity contribution in [3.8, 4) is 27.3 Å². The van der Waals surface area contributed by atoms with Crippen LogP contribution in [0.25, 0.3) is 32.5 Å². The molecule has 0 aliphatic rings. The van der Waals surface area contributed by atoms with Crippen LogP contribution in [-0.4, -0.2) is 15.2 Å². The molecule has 25 heavy (non-hydrogen) atoms. The first-order chi connectivity index (χ1) is 12.2. The molecule has 0 fully saturated rings. The molecule has 0 amide bonds. The minimum absolute atomic E-state index is 0.0236. The van der Waals surface area contributed by atoms with E-state index < -0.39 is 0 Å². The lowest BCUT2D eigenvalue weighted by atomic mass is 9.98. The van der Waals surface area contributed by atoms with E-state index in [-0.39, 0.29) is 23.5 Å². The Bertz CT molecular complexity index is 1110. The molecule has 2 heterocycles. The third kappa shape index (κ3) is 2.63. The van der Waals surface area contributed by atoms with Crippen LogP contribution in [-0.2, 0) is 6.61 Å². The Balaban J connectivity index is 1.98. The molecule has 0 saturated carbocycles. The molecule has 2 aromatic carbocycles. The van der Waals surface area contributed by atoms with E-state index in [0.29, 0.717) is 10.9 Å². The molecular weight excluding hydrogens is 334 g/mol. The van der Waals surface area contributed by atoms with E-state index in [1.807, 2.05) is 53.9 Å². The number of aliphatic hydroxyl groups excluding tert-OH is 1. The first kappa shape index (κ1) is 15.6. The Kier molecular flexibility index (Phi) is 3.87. The van der Waals surface area contributed by atoms with E-state index in [1.165, 1.54) is 11.3 Å². The molecule has 0 unspecified atom stereocenters. The molecular formula is C20H15NO3S. The van der Waals surface area contributed by atoms with Gasteiger partial charge in [-0.1, -0.05) is 36.4 Å². The quantitative estimate of drug-likeness (QED) is 0.521. The van der Waals surface area contributed by atoms with Gasteiger partial charge in [0.15, 0.2) is 0 Å². The van der Waals surface area contributed by atoms with Crippen LogP contribution in [0.5, 0.6) is 5.75 Å². The van der Waals surface area contributed by atoms with Crippen LogP contribution < -0.4 is 5.56 Å². The molecule has 0 radical (unpaired) electrons. The number of pyridine rings is 1. The van der Waals surface area contributed by atoms with Gasteiger partial charge in [-0.2, -0.15) is 0 Å². The molecule has 3 N–H and O–H groups in total. The van der Waals surface area contributed by atoms with Crippen LogP contribution in [0.2, 0.25) is 0 Å². The van der Waals surface area contributed by atoms with Gasteiger partial charge in [-0.05, 0) is 40.3 Å². The van der Waals surface area contributed by atoms with Gasteiger partial charge in [0.25, 0.3) is 5.56 Å². The maximum Gasteiger partial charge on any atom is 0.260 e. The summed E-state index contributed by atoms with van der Waals surface area (Å²) < 4.78 is 0. The molecule has 0 bridgehead atoms. The largest absolute Gasteiger partial charge is 0.506 e. The first-order valence-electron chi connectivity index (χ1n) is 7.81. The third-order valence-electron chi connectivity index (χ3n) is 4.25. The number of hydrogen-bond acceptors (Lipinski definition) is 4. The molecule has 124 valence electrons. The van der Waals surface area contributed by atoms with Crippen molar-refractivity contribution in [2.24, 2.45) is 0 Å². The normalized spacial score (nSPS) is 11.1. The summed E-state index contributed by atoms with van der Waals surface area (Å²) >= 11 is 1.41. The molecule has 0 atom stereocenters. The average Bonchev–Trinajstić information content (AvgIpc) is 3.16. The Morgan fingerprint density at radius 1 is 1.04 bits per heavy atom. The zero-order valence-electron chi connectivity index (χ0n) is 13.2. The minimum atomic E-state index is -0.309. The number of benzene rings is 2. The number of nitrogens with one attached hydrogen (secondary N) is 1. The van der Waals surface area contributed by atoms with Crippen molar-refractivity contribution in [2.75, 3.05) is 0 Å². The van der Waals surface area contributed by atoms with Gasteiger partial charge >= 0.3 is 0 Å². The van der Waals surface area contributed by atoms with E-state index >= 15 is 0 Å². The van der Waals surface area contributed by atoms with Crippen molar-refractivity contribution >= 4 is 22.2 Å². The fourth-order valence-electron chi connectivity index (χ4n) is 3.03. The summed E-state index contributed by atoms with van der Waals surface area (Å²) in [5, 5.41) is 22.7. The van der Waals surface area contributed by atoms with E-state index in [4.69, 9.17) is 0 Å². The number of aromatic nitrogens is 1. The lowest BCUT2D eigenvalue weighted by molar-refractivity contribution is 0.282. The number of H-pyrrole nitrogens is 1. The van der Waals surface area contributed by atoms with E-state index in [1.54, 1.807) is 6.07 Å². The highest BCUT2D eigenvalue weighted by Gasteiger charge is 2.15. The second-order valence-electron chi connectivity index (χ2n) is 5.73. The summed E-state index contributed by atoms with van der Waals surface area (Å²) in [5.41, 5.74) is 3.13. The second-order valence-corrected chi connectivity index (χ2v) is 6.68. The third-order valence-corrected chi connectivity index (χ3v) is 5.14. The number of thiophene rings is 1. The highest BCUT2D eigenvalue weighted by molar-refractivity contribution is 7.13. The van der Waals surface area contributed by atoms with E-state index in [0.717, 1.165) is 21.6 Å². The first-order valence-corrected chi connectivity index (χ1v) is 8.69. The molecule has 0 aliphatic carbocycles. The van der Waals surface area contributed by atoms with E-state index in [2.05, 4.69) is 4.98 Å². The summed E-state index contributed by atoms with van der Waals surface area (Å²) in [4.78, 5) is 15.9. The van der Waals surface area contributed by atoms with Gasteiger partial charge < -0.3 is 15.2 Å². The number of fused-ring (bicyclic) bond motifs is 1. The van der Waals surface area contributed by atoms with Crippen LogP contribution in [0.3, 0.4) is 0 Å². The van der Waals surface area contributed by atoms with E-state index in [9.17, 15) is 15.0 Å². The zero-order chi connectivity index (χ0) is 17.4. The van der Waals surface area contributed by atoms with Crippen molar-refractivity contribution in [1.29, 1.82) is 0 Å². The van der Waals surface area contributed by atoms with Gasteiger partial charge in [0.05, 0.1) is 17.7 Å². The molecule has 4 nitrogen and oxygen atoms in total. The lowest BCUT2D eigenvalue weighted by Gasteiger charge is -2.11. The van der Waals surface area contributed by atoms with Crippen LogP contribution in [0.15, 0.2) is 64.8 Å². The van der Waals surface area contributed by atoms with Gasteiger partial charge in [0, 0.05) is 10.3 Å². The standard InChI is InChI=1S/C20H15NO3S/c22-11-13-4-1-2-5-14(13)12-7-8-16-15(10-12)19(23)18(20(24)21-16)17-6-3-9-25-17/h1-10,22H,11H2,(H2,21,23,24). The number of aliphatic hydroxyl groups is 1. The zero-order valence-corrected chi connectivity index (χ0v) is 14.0. The summed E-state index contributed by atoms with van der Waals surface area (Å²) in [5.74, 6) is -0.0236. The second kappa shape index (κ2) is 6.20. The lowest BCUT2D eigenvalue weighted by Crippen LogP contribution is -2.08. The van der Waals surface area contributed by atoms with Crippen molar-refractivity contribution in [2.45, 2.75) is 6.61 Å². The summed E-state index contributed by atoms with van der Waals surface area (Å²) in [6.45, 7) is -0.0632. The summed E-state index contributed by atoms with van der Waals surface area (Å²) in [6, 6.07) is 16.7. The van der Waals surface area contributed by atoms with Crippen LogP contribution in [0.4, 0.5) is 0 Å². The Morgan fingerprint density at radius 3 is 2.64 bits per heavy atom. The Morgan fingerprint density at radius 2 is 1.88 bits per heavy atom. The van der Waals surface area contributed by atoms with Gasteiger partial charge in [0.2, 0.25) is 0 Å². The fraction of sp³-hybridized carbons (Fsp3) is 0.0500. The molecule has 5 heteroatoms. The number of hydrogen-bond donors (Lipinski definition) is 3. The summed E-state index contributed by atoms with van der Waals surface area (Å²) in [6.07, 6.45) is 0. The van der Waals surface area contributed by atoms with Crippen LogP contribution in [0.1, 0.15) is 5.56 Å². The van der Waals surface area contributed by atoms with Gasteiger partial charge in [-0.3, -0.25) is 4.79 Å². The van der Waals surface area contributed by atoms with Crippen molar-refractivity contribution in [3.63, 3.8) is 0 Å². The predicted octanol–water partition coefficient (Wildman–Crippen LogP) is 4.12. The van der Waals surface area contributed by atoms with Gasteiger partial charge in [-0.15, -0.1) is 11.3 Å². The molecule has 0 spiro atoms. The molecule has 4 aromatic rings. The molecule has 2 aromatic heterocycles. The van der Waals surface area contributed by atoms with Crippen molar-refractivity contribution in [1.82, 2.24) is 4.98 Å². The maximum absolute atomic E-state index is 12.4. The molecule has 0 aliphatic heterocycles. The van der Waals surface area contributed by atoms with Crippen LogP contribution >= 0.6 is 11.3 Å². The van der Waals surface area contributed by atoms with Gasteiger partial charge in [-0.25, -0.2) is 0 Å². The Labute approximate surface area is 147 Å². The number of aromatic hydroxyl groups is 1. The number of aromatic amines is 1. The van der Waals surface area contributed by atoms with Crippen molar-refractivity contribution < 1.29 is 10.2 Å². The van der Waals surface area contributed by atoms with Crippen molar-refractivity contribution in [3.05, 3.63) is 75.9 Å². The smallest absolute Gasteiger partial charge is 0.260 e. The molecule has 0 saturated heterocycles. The highest BCUT2D eigenvalue weighted by atomic mass is 32.1. The monoisotopic (exact) mass is 349 g/mol. The minimum Gasteiger partial charge on any atom is -0.506 e. The van der Waals surface area contributed by atoms with Gasteiger partial charge in [0.1, 0.15) is 5.75 Å². The topological polar surface area (TPSA) is 73.3 Å². The maximum atomic E-state index is 12.4. The summed E-state index contributed by atoms with van der Waals surface area (Å²) in [7, 11) is 0. The van der Waals surface area contributed by atoms with Crippen LogP contribution in [0, 0.1) is 0 Å². The fourth-order valence-corrected chi connectivity index (χ4v) is 3.80. The molecule has 4 rings (SSSR count). The number of rotatable bonds is 3.